The third kappa shape index (κ3) is 2.27. The van der Waals surface area contributed by atoms with Gasteiger partial charge in [-0.2, -0.15) is 22.0 Å². The summed E-state index contributed by atoms with van der Waals surface area (Å²) in [6.45, 7) is 0. The number of halogens is 8. The summed E-state index contributed by atoms with van der Waals surface area (Å²) in [6.07, 6.45) is -5.94. The van der Waals surface area contributed by atoms with Crippen LogP contribution in [0.15, 0.2) is 18.2 Å². The number of rotatable bonds is 2. The minimum atomic E-state index is -5.94. The van der Waals surface area contributed by atoms with Crippen molar-refractivity contribution in [3.8, 4) is 0 Å². The molecule has 9 heteroatoms. The van der Waals surface area contributed by atoms with E-state index >= 15 is 0 Å². The molecular weight excluding hydrogens is 335 g/mol. The second-order valence-electron chi connectivity index (χ2n) is 3.39. The summed E-state index contributed by atoms with van der Waals surface area (Å²) < 4.78 is 89.8. The zero-order chi connectivity index (χ0) is 14.4. The lowest BCUT2D eigenvalue weighted by atomic mass is 9.95. The number of anilines is 1. The first kappa shape index (κ1) is 15.1. The van der Waals surface area contributed by atoms with Crippen LogP contribution in [0, 0.1) is 5.82 Å². The summed E-state index contributed by atoms with van der Waals surface area (Å²) in [7, 11) is 0. The number of alkyl halides is 7. The van der Waals surface area contributed by atoms with Crippen LogP contribution in [0.4, 0.5) is 36.4 Å². The van der Waals surface area contributed by atoms with E-state index in [0.29, 0.717) is 12.1 Å². The average Bonchev–Trinajstić information content (AvgIpc) is 2.17. The number of nitrogens with two attached hydrogens (primary N) is 1. The average molecular weight is 340 g/mol. The molecule has 0 aliphatic carbocycles. The number of nitrogen functional groups attached to an aromatic ring is 1. The Balaban J connectivity index is 3.51. The van der Waals surface area contributed by atoms with Gasteiger partial charge < -0.3 is 5.73 Å². The maximum Gasteiger partial charge on any atom is 0.433 e. The summed E-state index contributed by atoms with van der Waals surface area (Å²) >= 11 is 1.33. The van der Waals surface area contributed by atoms with E-state index in [0.717, 1.165) is 0 Å². The van der Waals surface area contributed by atoms with Crippen molar-refractivity contribution in [2.24, 2.45) is 0 Å². The molecule has 0 radical (unpaired) electrons. The van der Waals surface area contributed by atoms with Crippen molar-refractivity contribution in [2.75, 3.05) is 5.73 Å². The minimum absolute atomic E-state index is 0.0159. The van der Waals surface area contributed by atoms with Gasteiger partial charge in [-0.05, 0) is 28.1 Å². The fourth-order valence-electron chi connectivity index (χ4n) is 1.23. The van der Waals surface area contributed by atoms with Crippen LogP contribution in [0.5, 0.6) is 0 Å². The largest absolute Gasteiger partial charge is 0.433 e. The SMILES string of the molecule is Nc1ccc(C(F)(C(F)(F)F)C(F)(F)Br)cc1F. The first-order valence-electron chi connectivity index (χ1n) is 4.29. The molecule has 0 saturated carbocycles. The lowest BCUT2D eigenvalue weighted by Gasteiger charge is -2.31. The van der Waals surface area contributed by atoms with Crippen LogP contribution >= 0.6 is 15.9 Å². The molecule has 1 unspecified atom stereocenters. The van der Waals surface area contributed by atoms with Crippen LogP contribution in [-0.2, 0) is 5.67 Å². The summed E-state index contributed by atoms with van der Waals surface area (Å²) in [4.78, 5) is -4.96. The third-order valence-electron chi connectivity index (χ3n) is 2.18. The van der Waals surface area contributed by atoms with Crippen molar-refractivity contribution in [2.45, 2.75) is 16.7 Å². The predicted molar refractivity (Wildman–Crippen MR) is 53.5 cm³/mol. The Morgan fingerprint density at radius 3 is 1.83 bits per heavy atom. The predicted octanol–water partition coefficient (Wildman–Crippen LogP) is 4.12. The van der Waals surface area contributed by atoms with E-state index in [1.165, 1.54) is 15.9 Å². The smallest absolute Gasteiger partial charge is 0.396 e. The molecule has 1 atom stereocenters. The second kappa shape index (κ2) is 4.29. The van der Waals surface area contributed by atoms with Gasteiger partial charge in [-0.3, -0.25) is 0 Å². The molecule has 0 aliphatic rings. The molecule has 2 N–H and O–H groups in total. The van der Waals surface area contributed by atoms with Gasteiger partial charge in [-0.15, -0.1) is 0 Å². The maximum atomic E-state index is 13.7. The van der Waals surface area contributed by atoms with Crippen LogP contribution < -0.4 is 5.73 Å². The first-order valence-corrected chi connectivity index (χ1v) is 5.08. The van der Waals surface area contributed by atoms with Crippen molar-refractivity contribution in [1.29, 1.82) is 0 Å². The Morgan fingerprint density at radius 1 is 1.00 bits per heavy atom. The van der Waals surface area contributed by atoms with Gasteiger partial charge in [0.25, 0.3) is 0 Å². The van der Waals surface area contributed by atoms with Crippen molar-refractivity contribution in [1.82, 2.24) is 0 Å². The monoisotopic (exact) mass is 339 g/mol. The number of hydrogen-bond donors (Lipinski definition) is 1. The molecule has 1 rings (SSSR count). The van der Waals surface area contributed by atoms with Crippen LogP contribution in [0.3, 0.4) is 0 Å². The standard InChI is InChI=1S/C9H5BrF7N/c10-8(13,14)7(12,9(15,16)17)4-1-2-6(18)5(11)3-4/h1-3H,18H2. The Labute approximate surface area is 105 Å². The van der Waals surface area contributed by atoms with Gasteiger partial charge in [-0.1, -0.05) is 6.07 Å². The van der Waals surface area contributed by atoms with Crippen LogP contribution in [0.1, 0.15) is 5.56 Å². The molecule has 0 bridgehead atoms. The zero-order valence-electron chi connectivity index (χ0n) is 8.33. The molecule has 0 fully saturated rings. The van der Waals surface area contributed by atoms with Crippen LogP contribution in [0.2, 0.25) is 0 Å². The Hall–Kier alpha value is -0.990. The zero-order valence-corrected chi connectivity index (χ0v) is 9.92. The molecule has 1 aromatic rings. The van der Waals surface area contributed by atoms with E-state index in [-0.39, 0.29) is 6.07 Å². The lowest BCUT2D eigenvalue weighted by Crippen LogP contribution is -2.49. The van der Waals surface area contributed by atoms with Gasteiger partial charge in [0, 0.05) is 5.56 Å². The molecule has 0 saturated heterocycles. The minimum Gasteiger partial charge on any atom is -0.396 e. The highest BCUT2D eigenvalue weighted by Gasteiger charge is 2.71. The van der Waals surface area contributed by atoms with E-state index in [1.807, 2.05) is 0 Å². The van der Waals surface area contributed by atoms with E-state index in [4.69, 9.17) is 5.73 Å². The highest BCUT2D eigenvalue weighted by atomic mass is 79.9. The molecule has 0 spiro atoms. The Morgan fingerprint density at radius 2 is 1.50 bits per heavy atom. The Kier molecular flexibility index (Phi) is 3.59. The molecule has 1 nitrogen and oxygen atoms in total. The van der Waals surface area contributed by atoms with Crippen LogP contribution in [0.25, 0.3) is 0 Å². The fourth-order valence-corrected chi connectivity index (χ4v) is 1.68. The van der Waals surface area contributed by atoms with Gasteiger partial charge >= 0.3 is 16.7 Å². The fraction of sp³-hybridized carbons (Fsp3) is 0.333. The highest BCUT2D eigenvalue weighted by molar-refractivity contribution is 9.10. The van der Waals surface area contributed by atoms with E-state index in [9.17, 15) is 30.7 Å². The summed E-state index contributed by atoms with van der Waals surface area (Å²) in [5.74, 6) is -1.42. The van der Waals surface area contributed by atoms with Gasteiger partial charge in [0.1, 0.15) is 5.82 Å². The quantitative estimate of drug-likeness (QED) is 0.489. The molecule has 0 amide bonds. The van der Waals surface area contributed by atoms with Crippen LogP contribution in [-0.4, -0.2) is 11.0 Å². The summed E-state index contributed by atoms with van der Waals surface area (Å²) in [6, 6.07) is 0.905. The molecule has 1 aromatic carbocycles. The number of benzene rings is 1. The highest BCUT2D eigenvalue weighted by Crippen LogP contribution is 2.55. The van der Waals surface area contributed by atoms with Gasteiger partial charge in [-0.25, -0.2) is 8.78 Å². The van der Waals surface area contributed by atoms with Crippen molar-refractivity contribution in [3.05, 3.63) is 29.6 Å². The van der Waals surface area contributed by atoms with Gasteiger partial charge in [0.2, 0.25) is 0 Å². The molecular formula is C9H5BrF7N. The first-order chi connectivity index (χ1) is 7.91. The summed E-state index contributed by atoms with van der Waals surface area (Å²) in [5, 5.41) is 0. The van der Waals surface area contributed by atoms with E-state index in [1.54, 1.807) is 0 Å². The van der Waals surface area contributed by atoms with Crippen molar-refractivity contribution in [3.63, 3.8) is 0 Å². The summed E-state index contributed by atoms with van der Waals surface area (Å²) in [5.41, 5.74) is -2.25. The van der Waals surface area contributed by atoms with Gasteiger partial charge in [0.15, 0.2) is 0 Å². The Bertz CT molecular complexity index is 437. The number of hydrogen-bond acceptors (Lipinski definition) is 1. The second-order valence-corrected chi connectivity index (χ2v) is 4.39. The van der Waals surface area contributed by atoms with Crippen molar-refractivity contribution >= 4 is 21.6 Å². The lowest BCUT2D eigenvalue weighted by molar-refractivity contribution is -0.282. The molecule has 102 valence electrons. The van der Waals surface area contributed by atoms with Crippen molar-refractivity contribution < 1.29 is 30.7 Å². The maximum absolute atomic E-state index is 13.7. The normalized spacial score (nSPS) is 16.4. The molecule has 0 aromatic heterocycles. The topological polar surface area (TPSA) is 26.0 Å². The van der Waals surface area contributed by atoms with E-state index < -0.39 is 33.7 Å². The third-order valence-corrected chi connectivity index (χ3v) is 2.73. The van der Waals surface area contributed by atoms with E-state index in [2.05, 4.69) is 0 Å². The molecule has 0 heterocycles. The van der Waals surface area contributed by atoms with Gasteiger partial charge in [0.05, 0.1) is 5.69 Å². The molecule has 18 heavy (non-hydrogen) atoms. The molecule has 0 aliphatic heterocycles.